The van der Waals surface area contributed by atoms with Gasteiger partial charge in [-0.15, -0.1) is 0 Å². The van der Waals surface area contributed by atoms with Crippen LogP contribution in [0.3, 0.4) is 0 Å². The summed E-state index contributed by atoms with van der Waals surface area (Å²) in [5, 5.41) is 0.422. The summed E-state index contributed by atoms with van der Waals surface area (Å²) in [7, 11) is 0. The van der Waals surface area contributed by atoms with E-state index in [1.54, 1.807) is 17.9 Å². The number of allylic oxidation sites excluding steroid dienone is 1. The molecule has 9 heteroatoms. The molecule has 1 atom stereocenters. The molecule has 1 saturated heterocycles. The Hall–Kier alpha value is -3.23. The van der Waals surface area contributed by atoms with E-state index in [4.69, 9.17) is 10.5 Å². The van der Waals surface area contributed by atoms with Gasteiger partial charge in [0.2, 0.25) is 5.91 Å². The topological polar surface area (TPSA) is 127 Å². The molecule has 0 aliphatic carbocycles. The highest BCUT2D eigenvalue weighted by Gasteiger charge is 2.20. The molecule has 136 valence electrons. The third-order valence-corrected chi connectivity index (χ3v) is 4.12. The number of fused-ring (bicyclic) bond motifs is 1. The van der Waals surface area contributed by atoms with E-state index in [0.29, 0.717) is 17.4 Å². The van der Waals surface area contributed by atoms with Gasteiger partial charge in [-0.25, -0.2) is 0 Å². The minimum Gasteiger partial charge on any atom is -0.422 e. The molecule has 1 aliphatic rings. The molecule has 2 aromatic rings. The Balaban J connectivity index is 1.72. The summed E-state index contributed by atoms with van der Waals surface area (Å²) in [6, 6.07) is 1.57. The van der Waals surface area contributed by atoms with Crippen LogP contribution in [-0.2, 0) is 4.79 Å². The van der Waals surface area contributed by atoms with Gasteiger partial charge in [0.1, 0.15) is 0 Å². The van der Waals surface area contributed by atoms with Crippen LogP contribution in [0, 0.1) is 0 Å². The number of ether oxygens (including phenoxy) is 1. The summed E-state index contributed by atoms with van der Waals surface area (Å²) in [5.74, 6) is 0.290. The number of carbonyl (C=O) groups excluding carboxylic acids is 1. The van der Waals surface area contributed by atoms with Gasteiger partial charge in [-0.3, -0.25) is 24.5 Å². The van der Waals surface area contributed by atoms with Gasteiger partial charge >= 0.3 is 6.01 Å². The van der Waals surface area contributed by atoms with Crippen molar-refractivity contribution in [3.63, 3.8) is 0 Å². The number of pyridine rings is 1. The number of likely N-dealkylation sites (tertiary alicyclic amines) is 1. The number of hydrogen-bond acceptors (Lipinski definition) is 7. The van der Waals surface area contributed by atoms with Crippen molar-refractivity contribution in [1.29, 1.82) is 0 Å². The van der Waals surface area contributed by atoms with Crippen molar-refractivity contribution in [2.24, 2.45) is 10.7 Å². The summed E-state index contributed by atoms with van der Waals surface area (Å²) in [4.78, 5) is 40.4. The Morgan fingerprint density at radius 2 is 2.38 bits per heavy atom. The summed E-state index contributed by atoms with van der Waals surface area (Å²) in [6.07, 6.45) is 7.51. The Morgan fingerprint density at radius 3 is 3.15 bits per heavy atom. The lowest BCUT2D eigenvalue weighted by molar-refractivity contribution is -0.129. The molecule has 1 unspecified atom stereocenters. The van der Waals surface area contributed by atoms with Crippen molar-refractivity contribution in [1.82, 2.24) is 19.9 Å². The number of aliphatic imine (C=N–C) groups is 1. The molecule has 3 heterocycles. The lowest BCUT2D eigenvalue weighted by atomic mass is 10.1. The fourth-order valence-corrected chi connectivity index (χ4v) is 2.77. The van der Waals surface area contributed by atoms with E-state index in [9.17, 15) is 9.59 Å². The third-order valence-electron chi connectivity index (χ3n) is 4.12. The van der Waals surface area contributed by atoms with Crippen LogP contribution < -0.4 is 16.0 Å². The monoisotopic (exact) mass is 356 g/mol. The molecule has 9 nitrogen and oxygen atoms in total. The van der Waals surface area contributed by atoms with Gasteiger partial charge in [0.15, 0.2) is 5.76 Å². The Bertz CT molecular complexity index is 920. The van der Waals surface area contributed by atoms with Gasteiger partial charge in [0, 0.05) is 32.4 Å². The van der Waals surface area contributed by atoms with Gasteiger partial charge in [-0.2, -0.15) is 4.98 Å². The first-order chi connectivity index (χ1) is 12.6. The molecule has 0 bridgehead atoms. The zero-order valence-electron chi connectivity index (χ0n) is 14.4. The van der Waals surface area contributed by atoms with Crippen LogP contribution in [0.25, 0.3) is 10.9 Å². The largest absolute Gasteiger partial charge is 0.422 e. The van der Waals surface area contributed by atoms with E-state index in [0.717, 1.165) is 19.4 Å². The summed E-state index contributed by atoms with van der Waals surface area (Å²) in [5.41, 5.74) is 5.68. The van der Waals surface area contributed by atoms with E-state index < -0.39 is 0 Å². The second kappa shape index (κ2) is 7.77. The second-order valence-electron chi connectivity index (χ2n) is 5.97. The summed E-state index contributed by atoms with van der Waals surface area (Å²) >= 11 is 0. The fourth-order valence-electron chi connectivity index (χ4n) is 2.77. The highest BCUT2D eigenvalue weighted by Crippen LogP contribution is 2.14. The highest BCUT2D eigenvalue weighted by molar-refractivity contribution is 5.78. The van der Waals surface area contributed by atoms with E-state index in [2.05, 4.69) is 19.9 Å². The lowest BCUT2D eigenvalue weighted by Gasteiger charge is -2.29. The Morgan fingerprint density at radius 1 is 1.54 bits per heavy atom. The zero-order valence-corrected chi connectivity index (χ0v) is 14.4. The lowest BCUT2D eigenvalue weighted by Crippen LogP contribution is -2.40. The molecule has 1 aliphatic heterocycles. The van der Waals surface area contributed by atoms with Gasteiger partial charge in [-0.05, 0) is 18.9 Å². The van der Waals surface area contributed by atoms with E-state index in [-0.39, 0.29) is 29.3 Å². The first-order valence-electron chi connectivity index (χ1n) is 8.29. The Kier molecular flexibility index (Phi) is 5.26. The minimum absolute atomic E-state index is 0.00709. The number of hydrogen-bond donors (Lipinski definition) is 2. The maximum Gasteiger partial charge on any atom is 0.302 e. The van der Waals surface area contributed by atoms with Crippen LogP contribution >= 0.6 is 0 Å². The van der Waals surface area contributed by atoms with Crippen LogP contribution in [0.15, 0.2) is 40.2 Å². The van der Waals surface area contributed by atoms with Crippen molar-refractivity contribution < 1.29 is 9.53 Å². The SMILES string of the molecule is CC(=O)N1CCCC(N=CC(=CN)Oc2nc3cnccc3c(=O)[nH]2)C1. The van der Waals surface area contributed by atoms with Crippen molar-refractivity contribution in [2.75, 3.05) is 13.1 Å². The first kappa shape index (κ1) is 17.6. The number of piperidine rings is 1. The van der Waals surface area contributed by atoms with Crippen LogP contribution in [0.1, 0.15) is 19.8 Å². The minimum atomic E-state index is -0.329. The number of carbonyl (C=O) groups is 1. The molecule has 1 amide bonds. The first-order valence-corrected chi connectivity index (χ1v) is 8.29. The molecule has 26 heavy (non-hydrogen) atoms. The van der Waals surface area contributed by atoms with Crippen LogP contribution in [0.4, 0.5) is 0 Å². The van der Waals surface area contributed by atoms with Gasteiger partial charge in [0.05, 0.1) is 29.4 Å². The number of nitrogens with zero attached hydrogens (tertiary/aromatic N) is 4. The average Bonchev–Trinajstić information content (AvgIpc) is 2.65. The molecule has 3 rings (SSSR count). The highest BCUT2D eigenvalue weighted by atomic mass is 16.5. The molecule has 2 aromatic heterocycles. The van der Waals surface area contributed by atoms with Gasteiger partial charge in [0.25, 0.3) is 5.56 Å². The predicted octanol–water partition coefficient (Wildman–Crippen LogP) is 0.579. The van der Waals surface area contributed by atoms with Crippen LogP contribution in [0.2, 0.25) is 0 Å². The number of amides is 1. The van der Waals surface area contributed by atoms with Gasteiger partial charge < -0.3 is 15.4 Å². The fraction of sp³-hybridized carbons (Fsp3) is 0.353. The summed E-state index contributed by atoms with van der Waals surface area (Å²) in [6.45, 7) is 2.88. The Labute approximate surface area is 149 Å². The van der Waals surface area contributed by atoms with Gasteiger partial charge in [-0.1, -0.05) is 0 Å². The maximum atomic E-state index is 12.0. The van der Waals surface area contributed by atoms with Crippen molar-refractivity contribution in [2.45, 2.75) is 25.8 Å². The quantitative estimate of drug-likeness (QED) is 0.609. The number of aromatic amines is 1. The standard InChI is InChI=1S/C17H20N6O3/c1-11(24)23-6-2-3-12(10-23)20-8-13(7-18)26-17-21-15-9-19-5-4-14(15)16(25)22-17/h4-5,7-9,12H,2-3,6,10,18H2,1H3,(H,21,22,25). The predicted molar refractivity (Wildman–Crippen MR) is 96.8 cm³/mol. The molecule has 1 fully saturated rings. The van der Waals surface area contributed by atoms with Crippen molar-refractivity contribution in [3.05, 3.63) is 40.8 Å². The van der Waals surface area contributed by atoms with E-state index >= 15 is 0 Å². The maximum absolute atomic E-state index is 12.0. The van der Waals surface area contributed by atoms with Crippen molar-refractivity contribution in [3.8, 4) is 6.01 Å². The number of aromatic nitrogens is 3. The number of H-pyrrole nitrogens is 1. The number of nitrogens with two attached hydrogens (primary N) is 1. The zero-order chi connectivity index (χ0) is 18.5. The normalized spacial score (nSPS) is 18.4. The molecule has 3 N–H and O–H groups in total. The van der Waals surface area contributed by atoms with E-state index in [1.165, 1.54) is 24.8 Å². The van der Waals surface area contributed by atoms with E-state index in [1.807, 2.05) is 0 Å². The smallest absolute Gasteiger partial charge is 0.302 e. The molecular weight excluding hydrogens is 336 g/mol. The molecule has 0 spiro atoms. The molecule has 0 saturated carbocycles. The summed E-state index contributed by atoms with van der Waals surface area (Å²) < 4.78 is 5.53. The van der Waals surface area contributed by atoms with Crippen LogP contribution in [0.5, 0.6) is 6.01 Å². The second-order valence-corrected chi connectivity index (χ2v) is 5.97. The number of nitrogens with one attached hydrogen (secondary N) is 1. The number of rotatable bonds is 4. The molecule has 0 aromatic carbocycles. The average molecular weight is 356 g/mol. The van der Waals surface area contributed by atoms with Crippen molar-refractivity contribution >= 4 is 23.0 Å². The molecule has 0 radical (unpaired) electrons. The third kappa shape index (κ3) is 4.05. The van der Waals surface area contributed by atoms with Crippen LogP contribution in [-0.4, -0.2) is 51.1 Å². The molecular formula is C17H20N6O3.